The number of hydrogen-bond donors (Lipinski definition) is 1. The summed E-state index contributed by atoms with van der Waals surface area (Å²) in [6.45, 7) is 0.337. The van der Waals surface area contributed by atoms with Gasteiger partial charge in [-0.25, -0.2) is 0 Å². The van der Waals surface area contributed by atoms with Crippen LogP contribution in [0.1, 0.15) is 11.1 Å². The molecule has 0 unspecified atom stereocenters. The Balaban J connectivity index is 1.32. The zero-order valence-corrected chi connectivity index (χ0v) is 18.4. The average molecular weight is 458 g/mol. The summed E-state index contributed by atoms with van der Waals surface area (Å²) in [4.78, 5) is 27.4. The summed E-state index contributed by atoms with van der Waals surface area (Å²) in [5, 5.41) is 2.86. The maximum Gasteiger partial charge on any atom is 0.294 e. The second-order valence-corrected chi connectivity index (χ2v) is 7.71. The van der Waals surface area contributed by atoms with Crippen LogP contribution in [0.5, 0.6) is 23.0 Å². The van der Waals surface area contributed by atoms with Gasteiger partial charge in [-0.1, -0.05) is 30.3 Å². The number of nitrogens with one attached hydrogen (secondary N) is 1. The highest BCUT2D eigenvalue weighted by Crippen LogP contribution is 2.36. The SMILES string of the molecule is COc1ccc(C=C2Oc3ccccc3N(CC(=O)NCc3ccc4c(c3)OCO4)C2=O)cc1. The molecule has 0 radical (unpaired) electrons. The van der Waals surface area contributed by atoms with E-state index in [0.29, 0.717) is 35.2 Å². The van der Waals surface area contributed by atoms with Gasteiger partial charge in [0.05, 0.1) is 12.8 Å². The third-order valence-electron chi connectivity index (χ3n) is 5.47. The third-order valence-corrected chi connectivity index (χ3v) is 5.47. The minimum Gasteiger partial charge on any atom is -0.497 e. The number of methoxy groups -OCH3 is 1. The number of rotatable bonds is 6. The van der Waals surface area contributed by atoms with Gasteiger partial charge in [0.25, 0.3) is 5.91 Å². The summed E-state index contributed by atoms with van der Waals surface area (Å²) in [6, 6.07) is 19.9. The molecule has 0 bridgehead atoms. The fourth-order valence-electron chi connectivity index (χ4n) is 3.72. The molecule has 0 fully saturated rings. The molecular formula is C26H22N2O6. The van der Waals surface area contributed by atoms with Crippen LogP contribution in [0.25, 0.3) is 6.08 Å². The number of ether oxygens (including phenoxy) is 4. The summed E-state index contributed by atoms with van der Waals surface area (Å²) in [6.07, 6.45) is 1.65. The molecule has 5 rings (SSSR count). The molecule has 0 atom stereocenters. The van der Waals surface area contributed by atoms with E-state index < -0.39 is 5.91 Å². The second kappa shape index (κ2) is 9.19. The van der Waals surface area contributed by atoms with Crippen LogP contribution in [-0.4, -0.2) is 32.3 Å². The van der Waals surface area contributed by atoms with Crippen molar-refractivity contribution in [3.05, 3.63) is 83.6 Å². The zero-order chi connectivity index (χ0) is 23.5. The van der Waals surface area contributed by atoms with Crippen molar-refractivity contribution in [2.45, 2.75) is 6.54 Å². The van der Waals surface area contributed by atoms with E-state index in [1.165, 1.54) is 4.90 Å². The molecule has 8 heteroatoms. The van der Waals surface area contributed by atoms with Gasteiger partial charge >= 0.3 is 0 Å². The second-order valence-electron chi connectivity index (χ2n) is 7.71. The van der Waals surface area contributed by atoms with Gasteiger partial charge in [-0.2, -0.15) is 0 Å². The molecule has 1 N–H and O–H groups in total. The van der Waals surface area contributed by atoms with Crippen LogP contribution in [0, 0.1) is 0 Å². The third kappa shape index (κ3) is 4.38. The zero-order valence-electron chi connectivity index (χ0n) is 18.4. The lowest BCUT2D eigenvalue weighted by Gasteiger charge is -2.30. The molecule has 8 nitrogen and oxygen atoms in total. The Kier molecular flexibility index (Phi) is 5.78. The van der Waals surface area contributed by atoms with Gasteiger partial charge in [-0.05, 0) is 53.6 Å². The van der Waals surface area contributed by atoms with Crippen LogP contribution in [0.2, 0.25) is 0 Å². The van der Waals surface area contributed by atoms with Crippen LogP contribution in [0.3, 0.4) is 0 Å². The van der Waals surface area contributed by atoms with Crippen LogP contribution >= 0.6 is 0 Å². The van der Waals surface area contributed by atoms with E-state index in [0.717, 1.165) is 11.1 Å². The van der Waals surface area contributed by atoms with Crippen molar-refractivity contribution in [1.29, 1.82) is 0 Å². The Morgan fingerprint density at radius 2 is 1.82 bits per heavy atom. The van der Waals surface area contributed by atoms with E-state index in [2.05, 4.69) is 5.32 Å². The molecule has 2 heterocycles. The van der Waals surface area contributed by atoms with E-state index in [-0.39, 0.29) is 25.0 Å². The normalized spacial score (nSPS) is 15.0. The molecular weight excluding hydrogens is 436 g/mol. The summed E-state index contributed by atoms with van der Waals surface area (Å²) < 4.78 is 21.7. The highest BCUT2D eigenvalue weighted by Gasteiger charge is 2.31. The predicted octanol–water partition coefficient (Wildman–Crippen LogP) is 3.51. The van der Waals surface area contributed by atoms with E-state index in [1.807, 2.05) is 36.4 Å². The smallest absolute Gasteiger partial charge is 0.294 e. The predicted molar refractivity (Wildman–Crippen MR) is 125 cm³/mol. The van der Waals surface area contributed by atoms with Crippen molar-refractivity contribution in [3.8, 4) is 23.0 Å². The molecule has 0 aromatic heterocycles. The average Bonchev–Trinajstić information content (AvgIpc) is 3.34. The Morgan fingerprint density at radius 3 is 2.65 bits per heavy atom. The van der Waals surface area contributed by atoms with Crippen LogP contribution < -0.4 is 29.2 Å². The highest BCUT2D eigenvalue weighted by atomic mass is 16.7. The number of carbonyl (C=O) groups excluding carboxylic acids is 2. The first-order valence-corrected chi connectivity index (χ1v) is 10.7. The lowest BCUT2D eigenvalue weighted by molar-refractivity contribution is -0.123. The minimum atomic E-state index is -0.396. The van der Waals surface area contributed by atoms with Crippen molar-refractivity contribution < 1.29 is 28.5 Å². The number of fused-ring (bicyclic) bond motifs is 2. The number of nitrogens with zero attached hydrogens (tertiary/aromatic N) is 1. The van der Waals surface area contributed by atoms with Crippen LogP contribution in [0.15, 0.2) is 72.5 Å². The Labute approximate surface area is 196 Å². The summed E-state index contributed by atoms with van der Waals surface area (Å²) in [5.41, 5.74) is 2.18. The maximum atomic E-state index is 13.3. The van der Waals surface area contributed by atoms with E-state index in [4.69, 9.17) is 18.9 Å². The van der Waals surface area contributed by atoms with Gasteiger partial charge < -0.3 is 24.3 Å². The van der Waals surface area contributed by atoms with Gasteiger partial charge in [0, 0.05) is 6.54 Å². The van der Waals surface area contributed by atoms with E-state index in [1.54, 1.807) is 43.5 Å². The number of anilines is 1. The first-order chi connectivity index (χ1) is 16.6. The van der Waals surface area contributed by atoms with Gasteiger partial charge in [0.15, 0.2) is 23.0 Å². The first-order valence-electron chi connectivity index (χ1n) is 10.7. The molecule has 3 aromatic rings. The first kappa shape index (κ1) is 21.4. The molecule has 0 saturated carbocycles. The van der Waals surface area contributed by atoms with Gasteiger partial charge in [0.2, 0.25) is 12.7 Å². The molecule has 2 amide bonds. The molecule has 2 aliphatic heterocycles. The van der Waals surface area contributed by atoms with Gasteiger partial charge in [-0.3, -0.25) is 14.5 Å². The number of benzene rings is 3. The molecule has 172 valence electrons. The maximum absolute atomic E-state index is 13.3. The van der Waals surface area contributed by atoms with E-state index in [9.17, 15) is 9.59 Å². The highest BCUT2D eigenvalue weighted by molar-refractivity contribution is 6.12. The Morgan fingerprint density at radius 1 is 1.03 bits per heavy atom. The Bertz CT molecular complexity index is 1270. The summed E-state index contributed by atoms with van der Waals surface area (Å²) >= 11 is 0. The molecule has 3 aromatic carbocycles. The number of amides is 2. The fourth-order valence-corrected chi connectivity index (χ4v) is 3.72. The lowest BCUT2D eigenvalue weighted by Crippen LogP contribution is -2.44. The minimum absolute atomic E-state index is 0.132. The topological polar surface area (TPSA) is 86.3 Å². The van der Waals surface area contributed by atoms with Crippen molar-refractivity contribution in [2.75, 3.05) is 25.3 Å². The van der Waals surface area contributed by atoms with Crippen molar-refractivity contribution in [3.63, 3.8) is 0 Å². The van der Waals surface area contributed by atoms with Crippen LogP contribution in [0.4, 0.5) is 5.69 Å². The van der Waals surface area contributed by atoms with Crippen molar-refractivity contribution in [1.82, 2.24) is 5.32 Å². The van der Waals surface area contributed by atoms with Gasteiger partial charge in [0.1, 0.15) is 12.3 Å². The molecule has 0 saturated heterocycles. The standard InChI is InChI=1S/C26H22N2O6/c1-31-19-9-6-17(7-10-19)12-24-26(30)28(20-4-2-3-5-21(20)34-24)15-25(29)27-14-18-8-11-22-23(13-18)33-16-32-22/h2-13H,14-16H2,1H3,(H,27,29). The molecule has 0 aliphatic carbocycles. The van der Waals surface area contributed by atoms with Crippen molar-refractivity contribution >= 4 is 23.6 Å². The monoisotopic (exact) mass is 458 g/mol. The summed E-state index contributed by atoms with van der Waals surface area (Å²) in [5.74, 6) is 1.99. The molecule has 34 heavy (non-hydrogen) atoms. The number of carbonyl (C=O) groups is 2. The fraction of sp³-hybridized carbons (Fsp3) is 0.154. The van der Waals surface area contributed by atoms with E-state index >= 15 is 0 Å². The van der Waals surface area contributed by atoms with Crippen LogP contribution in [-0.2, 0) is 16.1 Å². The van der Waals surface area contributed by atoms with Crippen molar-refractivity contribution in [2.24, 2.45) is 0 Å². The summed E-state index contributed by atoms with van der Waals surface area (Å²) in [7, 11) is 1.59. The number of hydrogen-bond acceptors (Lipinski definition) is 6. The molecule has 2 aliphatic rings. The number of para-hydroxylation sites is 2. The quantitative estimate of drug-likeness (QED) is 0.569. The largest absolute Gasteiger partial charge is 0.497 e. The Hall–Kier alpha value is -4.46. The molecule has 0 spiro atoms. The van der Waals surface area contributed by atoms with Gasteiger partial charge in [-0.15, -0.1) is 0 Å². The lowest BCUT2D eigenvalue weighted by atomic mass is 10.1.